The minimum absolute atomic E-state index is 0.000575. The molecule has 0 radical (unpaired) electrons. The maximum Gasteiger partial charge on any atom is 0.253 e. The van der Waals surface area contributed by atoms with E-state index in [4.69, 9.17) is 10.5 Å². The third-order valence-corrected chi connectivity index (χ3v) is 2.41. The number of nitrogens with zero attached hydrogens (tertiary/aromatic N) is 1. The molecule has 1 amide bonds. The van der Waals surface area contributed by atoms with Crippen molar-refractivity contribution < 1.29 is 9.53 Å². The van der Waals surface area contributed by atoms with Crippen molar-refractivity contribution in [1.29, 1.82) is 0 Å². The van der Waals surface area contributed by atoms with E-state index in [0.29, 0.717) is 25.3 Å². The van der Waals surface area contributed by atoms with E-state index in [2.05, 4.69) is 0 Å². The minimum atomic E-state index is 0.000575. The molecule has 0 aliphatic carbocycles. The molecular weight excluding hydrogens is 204 g/mol. The second-order valence-electron chi connectivity index (χ2n) is 3.62. The number of rotatable bonds is 5. The van der Waals surface area contributed by atoms with Crippen LogP contribution in [0.2, 0.25) is 0 Å². The lowest BCUT2D eigenvalue weighted by Crippen LogP contribution is -2.29. The Morgan fingerprint density at radius 1 is 1.38 bits per heavy atom. The largest absolute Gasteiger partial charge is 0.383 e. The maximum absolute atomic E-state index is 11.9. The zero-order valence-electron chi connectivity index (χ0n) is 9.77. The smallest absolute Gasteiger partial charge is 0.253 e. The van der Waals surface area contributed by atoms with E-state index in [1.165, 1.54) is 0 Å². The highest BCUT2D eigenvalue weighted by Gasteiger charge is 2.10. The Labute approximate surface area is 96.0 Å². The van der Waals surface area contributed by atoms with Crippen LogP contribution >= 0.6 is 0 Å². The van der Waals surface area contributed by atoms with Crippen molar-refractivity contribution >= 4 is 5.91 Å². The molecule has 0 bridgehead atoms. The first kappa shape index (κ1) is 12.7. The summed E-state index contributed by atoms with van der Waals surface area (Å²) in [5, 5.41) is 0. The van der Waals surface area contributed by atoms with Gasteiger partial charge in [0.2, 0.25) is 0 Å². The zero-order valence-corrected chi connectivity index (χ0v) is 9.77. The minimum Gasteiger partial charge on any atom is -0.383 e. The van der Waals surface area contributed by atoms with Gasteiger partial charge in [0.15, 0.2) is 0 Å². The summed E-state index contributed by atoms with van der Waals surface area (Å²) in [5.41, 5.74) is 7.19. The Morgan fingerprint density at radius 3 is 2.50 bits per heavy atom. The lowest BCUT2D eigenvalue weighted by molar-refractivity contribution is 0.0744. The van der Waals surface area contributed by atoms with Crippen molar-refractivity contribution in [3.05, 3.63) is 35.4 Å². The third-order valence-electron chi connectivity index (χ3n) is 2.41. The van der Waals surface area contributed by atoms with Crippen LogP contribution in [0.3, 0.4) is 0 Å². The standard InChI is InChI=1S/C12H18N2O2/c1-14(7-8-16-2)12(15)11-5-3-10(9-13)4-6-11/h3-6H,7-9,13H2,1-2H3. The summed E-state index contributed by atoms with van der Waals surface area (Å²) < 4.78 is 4.92. The second kappa shape index (κ2) is 6.25. The van der Waals surface area contributed by atoms with Gasteiger partial charge in [0.25, 0.3) is 5.91 Å². The van der Waals surface area contributed by atoms with Gasteiger partial charge in [0.1, 0.15) is 0 Å². The second-order valence-corrected chi connectivity index (χ2v) is 3.62. The number of nitrogens with two attached hydrogens (primary N) is 1. The summed E-state index contributed by atoms with van der Waals surface area (Å²) in [7, 11) is 3.38. The normalized spacial score (nSPS) is 10.2. The van der Waals surface area contributed by atoms with Crippen LogP contribution in [0.4, 0.5) is 0 Å². The summed E-state index contributed by atoms with van der Waals surface area (Å²) in [6.07, 6.45) is 0. The fourth-order valence-electron chi connectivity index (χ4n) is 1.33. The SMILES string of the molecule is COCCN(C)C(=O)c1ccc(CN)cc1. The Morgan fingerprint density at radius 2 is 2.00 bits per heavy atom. The highest BCUT2D eigenvalue weighted by atomic mass is 16.5. The molecule has 88 valence electrons. The lowest BCUT2D eigenvalue weighted by atomic mass is 10.1. The van der Waals surface area contributed by atoms with Gasteiger partial charge in [0.05, 0.1) is 6.61 Å². The predicted molar refractivity (Wildman–Crippen MR) is 63.2 cm³/mol. The van der Waals surface area contributed by atoms with E-state index in [-0.39, 0.29) is 5.91 Å². The maximum atomic E-state index is 11.9. The summed E-state index contributed by atoms with van der Waals surface area (Å²) in [6, 6.07) is 7.34. The summed E-state index contributed by atoms with van der Waals surface area (Å²) in [5.74, 6) is 0.000575. The monoisotopic (exact) mass is 222 g/mol. The van der Waals surface area contributed by atoms with Crippen molar-refractivity contribution in [2.24, 2.45) is 5.73 Å². The third kappa shape index (κ3) is 3.32. The molecule has 0 aliphatic rings. The van der Waals surface area contributed by atoms with Crippen LogP contribution in [-0.2, 0) is 11.3 Å². The van der Waals surface area contributed by atoms with E-state index >= 15 is 0 Å². The first-order valence-corrected chi connectivity index (χ1v) is 5.22. The summed E-state index contributed by atoms with van der Waals surface area (Å²) in [6.45, 7) is 1.63. The number of hydrogen-bond acceptors (Lipinski definition) is 3. The van der Waals surface area contributed by atoms with Crippen LogP contribution < -0.4 is 5.73 Å². The predicted octanol–water partition coefficient (Wildman–Crippen LogP) is 0.864. The topological polar surface area (TPSA) is 55.6 Å². The van der Waals surface area contributed by atoms with Gasteiger partial charge in [-0.05, 0) is 17.7 Å². The van der Waals surface area contributed by atoms with E-state index in [1.54, 1.807) is 31.2 Å². The van der Waals surface area contributed by atoms with Crippen molar-refractivity contribution in [2.45, 2.75) is 6.54 Å². The van der Waals surface area contributed by atoms with Gasteiger partial charge in [-0.3, -0.25) is 4.79 Å². The van der Waals surface area contributed by atoms with Gasteiger partial charge in [-0.25, -0.2) is 0 Å². The molecule has 4 heteroatoms. The van der Waals surface area contributed by atoms with E-state index < -0.39 is 0 Å². The highest BCUT2D eigenvalue weighted by molar-refractivity contribution is 5.94. The molecule has 0 heterocycles. The number of amides is 1. The number of carbonyl (C=O) groups is 1. The average Bonchev–Trinajstić information content (AvgIpc) is 2.35. The zero-order chi connectivity index (χ0) is 12.0. The molecule has 0 aliphatic heterocycles. The molecule has 1 rings (SSSR count). The van der Waals surface area contributed by atoms with Crippen molar-refractivity contribution in [2.75, 3.05) is 27.3 Å². The van der Waals surface area contributed by atoms with Gasteiger partial charge in [0, 0.05) is 32.8 Å². The number of ether oxygens (including phenoxy) is 1. The molecule has 0 saturated carbocycles. The Hall–Kier alpha value is -1.39. The van der Waals surface area contributed by atoms with E-state index in [1.807, 2.05) is 12.1 Å². The van der Waals surface area contributed by atoms with Crippen LogP contribution in [0.1, 0.15) is 15.9 Å². The first-order valence-electron chi connectivity index (χ1n) is 5.22. The van der Waals surface area contributed by atoms with Crippen LogP contribution in [-0.4, -0.2) is 38.1 Å². The van der Waals surface area contributed by atoms with Crippen LogP contribution in [0.15, 0.2) is 24.3 Å². The molecule has 4 nitrogen and oxygen atoms in total. The first-order chi connectivity index (χ1) is 7.69. The van der Waals surface area contributed by atoms with Gasteiger partial charge in [-0.15, -0.1) is 0 Å². The quantitative estimate of drug-likeness (QED) is 0.804. The van der Waals surface area contributed by atoms with E-state index in [0.717, 1.165) is 5.56 Å². The lowest BCUT2D eigenvalue weighted by Gasteiger charge is -2.16. The number of likely N-dealkylation sites (N-methyl/N-ethyl adjacent to an activating group) is 1. The van der Waals surface area contributed by atoms with Gasteiger partial charge >= 0.3 is 0 Å². The van der Waals surface area contributed by atoms with Crippen LogP contribution in [0.25, 0.3) is 0 Å². The molecular formula is C12H18N2O2. The van der Waals surface area contributed by atoms with Gasteiger partial charge < -0.3 is 15.4 Å². The van der Waals surface area contributed by atoms with Gasteiger partial charge in [-0.2, -0.15) is 0 Å². The highest BCUT2D eigenvalue weighted by Crippen LogP contribution is 2.06. The molecule has 0 atom stereocenters. The van der Waals surface area contributed by atoms with Crippen LogP contribution in [0.5, 0.6) is 0 Å². The van der Waals surface area contributed by atoms with E-state index in [9.17, 15) is 4.79 Å². The molecule has 0 unspecified atom stereocenters. The van der Waals surface area contributed by atoms with Crippen molar-refractivity contribution in [1.82, 2.24) is 4.90 Å². The van der Waals surface area contributed by atoms with Crippen LogP contribution in [0, 0.1) is 0 Å². The molecule has 0 spiro atoms. The molecule has 2 N–H and O–H groups in total. The Bertz CT molecular complexity index is 335. The molecule has 1 aromatic carbocycles. The fraction of sp³-hybridized carbons (Fsp3) is 0.417. The fourth-order valence-corrected chi connectivity index (χ4v) is 1.33. The summed E-state index contributed by atoms with van der Waals surface area (Å²) >= 11 is 0. The molecule has 0 aromatic heterocycles. The number of methoxy groups -OCH3 is 1. The molecule has 16 heavy (non-hydrogen) atoms. The van der Waals surface area contributed by atoms with Crippen molar-refractivity contribution in [3.63, 3.8) is 0 Å². The van der Waals surface area contributed by atoms with Crippen molar-refractivity contribution in [3.8, 4) is 0 Å². The average molecular weight is 222 g/mol. The Kier molecular flexibility index (Phi) is 4.95. The number of hydrogen-bond donors (Lipinski definition) is 1. The molecule has 0 fully saturated rings. The Balaban J connectivity index is 2.64. The molecule has 1 aromatic rings. The summed E-state index contributed by atoms with van der Waals surface area (Å²) in [4.78, 5) is 13.5. The molecule has 0 saturated heterocycles. The number of benzene rings is 1. The number of carbonyl (C=O) groups excluding carboxylic acids is 1. The van der Waals surface area contributed by atoms with Gasteiger partial charge in [-0.1, -0.05) is 12.1 Å².